The molecule has 0 aliphatic carbocycles. The summed E-state index contributed by atoms with van der Waals surface area (Å²) >= 11 is 1.30. The first-order chi connectivity index (χ1) is 9.24. The number of anilines is 1. The first kappa shape index (κ1) is 11.6. The van der Waals surface area contributed by atoms with E-state index in [0.717, 1.165) is 5.52 Å². The molecule has 3 aromatic heterocycles. The zero-order valence-electron chi connectivity index (χ0n) is 9.65. The van der Waals surface area contributed by atoms with E-state index in [1.165, 1.54) is 16.7 Å². The van der Waals surface area contributed by atoms with Gasteiger partial charge in [0, 0.05) is 17.8 Å². The van der Waals surface area contributed by atoms with Crippen molar-refractivity contribution in [1.29, 1.82) is 0 Å². The van der Waals surface area contributed by atoms with E-state index in [4.69, 9.17) is 5.11 Å². The van der Waals surface area contributed by atoms with Crippen LogP contribution in [0.3, 0.4) is 0 Å². The number of hydrogen-bond acceptors (Lipinski definition) is 6. The summed E-state index contributed by atoms with van der Waals surface area (Å²) in [7, 11) is 0. The summed E-state index contributed by atoms with van der Waals surface area (Å²) in [5, 5.41) is 18.2. The molecule has 0 spiro atoms. The molecule has 0 atom stereocenters. The molecule has 8 heteroatoms. The van der Waals surface area contributed by atoms with Gasteiger partial charge in [0.05, 0.1) is 12.7 Å². The Morgan fingerprint density at radius 3 is 3.16 bits per heavy atom. The number of fused-ring (bicyclic) bond motifs is 1. The van der Waals surface area contributed by atoms with Crippen molar-refractivity contribution in [3.8, 4) is 0 Å². The van der Waals surface area contributed by atoms with Crippen molar-refractivity contribution in [1.82, 2.24) is 19.6 Å². The molecule has 0 radical (unpaired) electrons. The average molecular weight is 275 g/mol. The van der Waals surface area contributed by atoms with Gasteiger partial charge >= 0.3 is 5.97 Å². The molecule has 0 fully saturated rings. The molecule has 3 rings (SSSR count). The molecular formula is C11H9N5O2S. The molecular weight excluding hydrogens is 266 g/mol. The SMILES string of the molecule is O=C(O)c1csc(CNc2nccn3nccc23)n1. The minimum absolute atomic E-state index is 0.0670. The van der Waals surface area contributed by atoms with Gasteiger partial charge in [0.2, 0.25) is 0 Å². The van der Waals surface area contributed by atoms with Crippen molar-refractivity contribution in [3.05, 3.63) is 40.7 Å². The lowest BCUT2D eigenvalue weighted by atomic mass is 10.4. The maximum absolute atomic E-state index is 10.7. The van der Waals surface area contributed by atoms with Crippen molar-refractivity contribution < 1.29 is 9.90 Å². The molecule has 0 saturated carbocycles. The number of carboxylic acid groups (broad SMARTS) is 1. The van der Waals surface area contributed by atoms with Crippen LogP contribution < -0.4 is 5.32 Å². The number of hydrogen-bond donors (Lipinski definition) is 2. The smallest absolute Gasteiger partial charge is 0.355 e. The highest BCUT2D eigenvalue weighted by Gasteiger charge is 2.09. The van der Waals surface area contributed by atoms with E-state index in [-0.39, 0.29) is 5.69 Å². The summed E-state index contributed by atoms with van der Waals surface area (Å²) in [4.78, 5) is 19.0. The second-order valence-electron chi connectivity index (χ2n) is 3.72. The molecule has 0 aromatic carbocycles. The minimum atomic E-state index is -1.02. The van der Waals surface area contributed by atoms with Crippen LogP contribution >= 0.6 is 11.3 Å². The number of nitrogens with zero attached hydrogens (tertiary/aromatic N) is 4. The van der Waals surface area contributed by atoms with Crippen LogP contribution in [0.25, 0.3) is 5.52 Å². The number of aromatic carboxylic acids is 1. The van der Waals surface area contributed by atoms with Gasteiger partial charge in [-0.1, -0.05) is 0 Å². The van der Waals surface area contributed by atoms with Gasteiger partial charge in [-0.05, 0) is 6.07 Å². The van der Waals surface area contributed by atoms with Crippen LogP contribution in [-0.2, 0) is 6.54 Å². The van der Waals surface area contributed by atoms with Crippen LogP contribution in [0, 0.1) is 0 Å². The van der Waals surface area contributed by atoms with E-state index in [1.54, 1.807) is 23.1 Å². The second-order valence-corrected chi connectivity index (χ2v) is 4.66. The van der Waals surface area contributed by atoms with Crippen molar-refractivity contribution in [3.63, 3.8) is 0 Å². The highest BCUT2D eigenvalue weighted by molar-refractivity contribution is 7.09. The average Bonchev–Trinajstić information content (AvgIpc) is 3.05. The summed E-state index contributed by atoms with van der Waals surface area (Å²) in [5.41, 5.74) is 0.926. The Balaban J connectivity index is 1.78. The lowest BCUT2D eigenvalue weighted by Crippen LogP contribution is -2.04. The van der Waals surface area contributed by atoms with Crippen LogP contribution in [0.15, 0.2) is 30.0 Å². The van der Waals surface area contributed by atoms with Crippen molar-refractivity contribution >= 4 is 28.6 Å². The molecule has 0 bridgehead atoms. The van der Waals surface area contributed by atoms with Gasteiger partial charge in [0.1, 0.15) is 10.5 Å². The Hall–Kier alpha value is -2.48. The predicted octanol–water partition coefficient (Wildman–Crippen LogP) is 1.50. The molecule has 19 heavy (non-hydrogen) atoms. The molecule has 0 unspecified atom stereocenters. The van der Waals surface area contributed by atoms with E-state index in [1.807, 2.05) is 6.07 Å². The van der Waals surface area contributed by atoms with E-state index in [9.17, 15) is 4.79 Å². The Bertz CT molecular complexity index is 735. The Kier molecular flexibility index (Phi) is 2.84. The lowest BCUT2D eigenvalue weighted by Gasteiger charge is -2.04. The highest BCUT2D eigenvalue weighted by atomic mass is 32.1. The van der Waals surface area contributed by atoms with Gasteiger partial charge in [-0.25, -0.2) is 19.3 Å². The van der Waals surface area contributed by atoms with Crippen LogP contribution in [-0.4, -0.2) is 30.7 Å². The first-order valence-electron chi connectivity index (χ1n) is 5.44. The van der Waals surface area contributed by atoms with E-state index < -0.39 is 5.97 Å². The second kappa shape index (κ2) is 4.65. The summed E-state index contributed by atoms with van der Waals surface area (Å²) in [6, 6.07) is 1.85. The fourth-order valence-electron chi connectivity index (χ4n) is 1.64. The summed E-state index contributed by atoms with van der Waals surface area (Å²) in [6.45, 7) is 0.426. The van der Waals surface area contributed by atoms with Gasteiger partial charge in [0.25, 0.3) is 0 Å². The zero-order valence-corrected chi connectivity index (χ0v) is 10.5. The third-order valence-corrected chi connectivity index (χ3v) is 3.35. The summed E-state index contributed by atoms with van der Waals surface area (Å²) < 4.78 is 1.71. The lowest BCUT2D eigenvalue weighted by molar-refractivity contribution is 0.0691. The van der Waals surface area contributed by atoms with Crippen LogP contribution in [0.4, 0.5) is 5.82 Å². The molecule has 3 aromatic rings. The molecule has 3 heterocycles. The first-order valence-corrected chi connectivity index (χ1v) is 6.32. The molecule has 0 saturated heterocycles. The molecule has 96 valence electrons. The summed E-state index contributed by atoms with van der Waals surface area (Å²) in [5.74, 6) is -0.328. The van der Waals surface area contributed by atoms with Crippen LogP contribution in [0.5, 0.6) is 0 Å². The number of nitrogens with one attached hydrogen (secondary N) is 1. The van der Waals surface area contributed by atoms with Gasteiger partial charge in [-0.3, -0.25) is 0 Å². The van der Waals surface area contributed by atoms with Gasteiger partial charge < -0.3 is 10.4 Å². The maximum atomic E-state index is 10.7. The van der Waals surface area contributed by atoms with Gasteiger partial charge in [0.15, 0.2) is 11.5 Å². The maximum Gasteiger partial charge on any atom is 0.355 e. The van der Waals surface area contributed by atoms with Crippen molar-refractivity contribution in [2.45, 2.75) is 6.54 Å². The zero-order chi connectivity index (χ0) is 13.2. The Labute approximate surface area is 111 Å². The third-order valence-electron chi connectivity index (χ3n) is 2.50. The molecule has 0 aliphatic rings. The fraction of sp³-hybridized carbons (Fsp3) is 0.0909. The normalized spacial score (nSPS) is 10.7. The molecule has 0 amide bonds. The third kappa shape index (κ3) is 2.25. The van der Waals surface area contributed by atoms with Crippen molar-refractivity contribution in [2.75, 3.05) is 5.32 Å². The van der Waals surface area contributed by atoms with Gasteiger partial charge in [-0.15, -0.1) is 11.3 Å². The van der Waals surface area contributed by atoms with Crippen LogP contribution in [0.1, 0.15) is 15.5 Å². The largest absolute Gasteiger partial charge is 0.476 e. The number of carboxylic acids is 1. The standard InChI is InChI=1S/C11H9N5O2S/c17-11(18)7-6-19-9(15-7)5-13-10-8-1-2-14-16(8)4-3-12-10/h1-4,6H,5H2,(H,12,13)(H,17,18). The Morgan fingerprint density at radius 1 is 1.47 bits per heavy atom. The van der Waals surface area contributed by atoms with Gasteiger partial charge in [-0.2, -0.15) is 5.10 Å². The van der Waals surface area contributed by atoms with Crippen LogP contribution in [0.2, 0.25) is 0 Å². The van der Waals surface area contributed by atoms with Crippen molar-refractivity contribution in [2.24, 2.45) is 0 Å². The number of carbonyl (C=O) groups is 1. The van der Waals surface area contributed by atoms with E-state index in [0.29, 0.717) is 17.4 Å². The number of rotatable bonds is 4. The monoisotopic (exact) mass is 275 g/mol. The number of aromatic nitrogens is 4. The minimum Gasteiger partial charge on any atom is -0.476 e. The molecule has 0 aliphatic heterocycles. The van der Waals surface area contributed by atoms with E-state index in [2.05, 4.69) is 20.4 Å². The fourth-order valence-corrected chi connectivity index (χ4v) is 2.35. The summed E-state index contributed by atoms with van der Waals surface area (Å²) in [6.07, 6.45) is 5.09. The predicted molar refractivity (Wildman–Crippen MR) is 69.4 cm³/mol. The molecule has 2 N–H and O–H groups in total. The Morgan fingerprint density at radius 2 is 2.37 bits per heavy atom. The number of thiazole rings is 1. The van der Waals surface area contributed by atoms with E-state index >= 15 is 0 Å². The highest BCUT2D eigenvalue weighted by Crippen LogP contribution is 2.15. The topological polar surface area (TPSA) is 92.4 Å². The molecule has 7 nitrogen and oxygen atoms in total. The quantitative estimate of drug-likeness (QED) is 0.749.